The molecule has 0 N–H and O–H groups in total. The number of anilines is 1. The quantitative estimate of drug-likeness (QED) is 0.745. The van der Waals surface area contributed by atoms with Gasteiger partial charge in [0.1, 0.15) is 0 Å². The van der Waals surface area contributed by atoms with E-state index in [0.29, 0.717) is 0 Å². The van der Waals surface area contributed by atoms with Gasteiger partial charge in [-0.05, 0) is 45.4 Å². The summed E-state index contributed by atoms with van der Waals surface area (Å²) in [5.41, 5.74) is 2.95. The Morgan fingerprint density at radius 3 is 2.13 bits per heavy atom. The third-order valence-corrected chi connectivity index (χ3v) is 3.86. The number of hydrogen-bond donors (Lipinski definition) is 0. The van der Waals surface area contributed by atoms with Crippen molar-refractivity contribution in [2.24, 2.45) is 0 Å². The van der Waals surface area contributed by atoms with Crippen LogP contribution in [0, 0.1) is 0 Å². The molecule has 5 nitrogen and oxygen atoms in total. The molecule has 0 fully saturated rings. The van der Waals surface area contributed by atoms with Gasteiger partial charge in [-0.1, -0.05) is 6.07 Å². The first kappa shape index (κ1) is 17.4. The lowest BCUT2D eigenvalue weighted by atomic mass is 10.2. The highest BCUT2D eigenvalue weighted by atomic mass is 15.2. The first-order valence-corrected chi connectivity index (χ1v) is 7.98. The van der Waals surface area contributed by atoms with E-state index in [4.69, 9.17) is 0 Å². The van der Waals surface area contributed by atoms with Gasteiger partial charge < -0.3 is 14.7 Å². The number of nitrogens with zero attached hydrogens (tertiary/aromatic N) is 5. The molecule has 5 heteroatoms. The Labute approximate surface area is 139 Å². The third kappa shape index (κ3) is 5.62. The second kappa shape index (κ2) is 8.60. The molecule has 0 saturated carbocycles. The maximum Gasteiger partial charge on any atom is 0.0887 e. The molecule has 2 rings (SSSR count). The topological polar surface area (TPSA) is 35.5 Å². The minimum Gasteiger partial charge on any atom is -0.372 e. The summed E-state index contributed by atoms with van der Waals surface area (Å²) in [6.45, 7) is 4.18. The average molecular weight is 313 g/mol. The molecule has 0 saturated heterocycles. The Kier molecular flexibility index (Phi) is 6.50. The minimum absolute atomic E-state index is 0.908. The fraction of sp³-hybridized carbons (Fsp3) is 0.444. The Morgan fingerprint density at radius 2 is 1.52 bits per heavy atom. The Bertz CT molecular complexity index is 568. The van der Waals surface area contributed by atoms with E-state index < -0.39 is 0 Å². The number of likely N-dealkylation sites (N-methyl/N-ethyl adjacent to an activating group) is 3. The highest BCUT2D eigenvalue weighted by Crippen LogP contribution is 2.17. The summed E-state index contributed by atoms with van der Waals surface area (Å²) in [6, 6.07) is 10.0. The average Bonchev–Trinajstić information content (AvgIpc) is 2.58. The van der Waals surface area contributed by atoms with Gasteiger partial charge in [0.25, 0.3) is 0 Å². The second-order valence-corrected chi connectivity index (χ2v) is 6.14. The van der Waals surface area contributed by atoms with E-state index in [1.54, 1.807) is 6.20 Å². The number of aromatic nitrogens is 2. The lowest BCUT2D eigenvalue weighted by Gasteiger charge is -2.24. The van der Waals surface area contributed by atoms with E-state index in [1.807, 2.05) is 30.5 Å². The summed E-state index contributed by atoms with van der Waals surface area (Å²) in [5, 5.41) is 0. The van der Waals surface area contributed by atoms with Crippen LogP contribution >= 0.6 is 0 Å². The second-order valence-electron chi connectivity index (χ2n) is 6.14. The van der Waals surface area contributed by atoms with Crippen molar-refractivity contribution in [3.8, 4) is 11.4 Å². The molecule has 0 atom stereocenters. The van der Waals surface area contributed by atoms with Crippen molar-refractivity contribution in [3.63, 3.8) is 0 Å². The first-order valence-electron chi connectivity index (χ1n) is 7.98. The SMILES string of the molecule is CN(C)CCN(C)CCN(C)c1ccc(-c2ccccn2)nc1. The molecular weight excluding hydrogens is 286 g/mol. The summed E-state index contributed by atoms with van der Waals surface area (Å²) in [5.74, 6) is 0. The molecule has 124 valence electrons. The standard InChI is InChI=1S/C18H27N5/c1-21(2)11-12-22(3)13-14-23(4)16-8-9-18(20-15-16)17-7-5-6-10-19-17/h5-10,15H,11-14H2,1-4H3. The minimum atomic E-state index is 0.908. The Balaban J connectivity index is 1.87. The smallest absolute Gasteiger partial charge is 0.0887 e. The lowest BCUT2D eigenvalue weighted by Crippen LogP contribution is -2.34. The van der Waals surface area contributed by atoms with Gasteiger partial charge >= 0.3 is 0 Å². The van der Waals surface area contributed by atoms with E-state index in [0.717, 1.165) is 43.3 Å². The zero-order chi connectivity index (χ0) is 16.7. The Hall–Kier alpha value is -1.98. The van der Waals surface area contributed by atoms with Crippen LogP contribution in [0.3, 0.4) is 0 Å². The van der Waals surface area contributed by atoms with Crippen molar-refractivity contribution in [2.45, 2.75) is 0 Å². The van der Waals surface area contributed by atoms with Crippen molar-refractivity contribution in [2.75, 3.05) is 59.3 Å². The molecule has 0 aliphatic carbocycles. The van der Waals surface area contributed by atoms with Gasteiger partial charge in [-0.2, -0.15) is 0 Å². The largest absolute Gasteiger partial charge is 0.372 e. The lowest BCUT2D eigenvalue weighted by molar-refractivity contribution is 0.286. The van der Waals surface area contributed by atoms with E-state index in [1.165, 1.54) is 0 Å². The highest BCUT2D eigenvalue weighted by Gasteiger charge is 2.06. The first-order chi connectivity index (χ1) is 11.1. The van der Waals surface area contributed by atoms with E-state index >= 15 is 0 Å². The molecule has 2 heterocycles. The van der Waals surface area contributed by atoms with Crippen LogP contribution in [0.4, 0.5) is 5.69 Å². The van der Waals surface area contributed by atoms with E-state index in [-0.39, 0.29) is 0 Å². The van der Waals surface area contributed by atoms with Gasteiger partial charge in [0, 0.05) is 39.4 Å². The fourth-order valence-corrected chi connectivity index (χ4v) is 2.21. The monoisotopic (exact) mass is 313 g/mol. The van der Waals surface area contributed by atoms with Crippen LogP contribution in [-0.2, 0) is 0 Å². The molecular formula is C18H27N5. The van der Waals surface area contributed by atoms with Gasteiger partial charge in [-0.15, -0.1) is 0 Å². The predicted molar refractivity (Wildman–Crippen MR) is 96.8 cm³/mol. The van der Waals surface area contributed by atoms with Crippen molar-refractivity contribution >= 4 is 5.69 Å². The molecule has 0 aromatic carbocycles. The van der Waals surface area contributed by atoms with E-state index in [9.17, 15) is 0 Å². The molecule has 0 aliphatic heterocycles. The van der Waals surface area contributed by atoms with Crippen LogP contribution in [0.1, 0.15) is 0 Å². The van der Waals surface area contributed by atoms with Crippen LogP contribution in [0.15, 0.2) is 42.7 Å². The van der Waals surface area contributed by atoms with Crippen molar-refractivity contribution in [1.82, 2.24) is 19.8 Å². The van der Waals surface area contributed by atoms with Gasteiger partial charge in [-0.3, -0.25) is 9.97 Å². The molecule has 0 amide bonds. The maximum atomic E-state index is 4.53. The molecule has 2 aromatic rings. The molecule has 0 spiro atoms. The Morgan fingerprint density at radius 1 is 0.783 bits per heavy atom. The highest BCUT2D eigenvalue weighted by molar-refractivity contribution is 5.57. The molecule has 0 aliphatic rings. The normalized spacial score (nSPS) is 11.2. The molecule has 0 radical (unpaired) electrons. The predicted octanol–water partition coefficient (Wildman–Crippen LogP) is 2.07. The van der Waals surface area contributed by atoms with Crippen LogP contribution < -0.4 is 4.90 Å². The summed E-state index contributed by atoms with van der Waals surface area (Å²) in [6.07, 6.45) is 3.71. The molecule has 23 heavy (non-hydrogen) atoms. The summed E-state index contributed by atoms with van der Waals surface area (Å²) >= 11 is 0. The van der Waals surface area contributed by atoms with Gasteiger partial charge in [0.2, 0.25) is 0 Å². The van der Waals surface area contributed by atoms with Crippen molar-refractivity contribution in [3.05, 3.63) is 42.7 Å². The van der Waals surface area contributed by atoms with Gasteiger partial charge in [0.15, 0.2) is 0 Å². The third-order valence-electron chi connectivity index (χ3n) is 3.86. The molecule has 2 aromatic heterocycles. The van der Waals surface area contributed by atoms with E-state index in [2.05, 4.69) is 58.9 Å². The van der Waals surface area contributed by atoms with Crippen LogP contribution in [0.25, 0.3) is 11.4 Å². The number of rotatable bonds is 8. The summed E-state index contributed by atoms with van der Waals surface area (Å²) in [4.78, 5) is 15.7. The summed E-state index contributed by atoms with van der Waals surface area (Å²) < 4.78 is 0. The van der Waals surface area contributed by atoms with Gasteiger partial charge in [0.05, 0.1) is 23.3 Å². The fourth-order valence-electron chi connectivity index (χ4n) is 2.21. The number of pyridine rings is 2. The molecule has 0 bridgehead atoms. The van der Waals surface area contributed by atoms with Crippen molar-refractivity contribution < 1.29 is 0 Å². The zero-order valence-electron chi connectivity index (χ0n) is 14.6. The van der Waals surface area contributed by atoms with Crippen LogP contribution in [0.2, 0.25) is 0 Å². The van der Waals surface area contributed by atoms with Crippen LogP contribution in [0.5, 0.6) is 0 Å². The van der Waals surface area contributed by atoms with Gasteiger partial charge in [-0.25, -0.2) is 0 Å². The van der Waals surface area contributed by atoms with Crippen molar-refractivity contribution in [1.29, 1.82) is 0 Å². The maximum absolute atomic E-state index is 4.53. The van der Waals surface area contributed by atoms with Crippen LogP contribution in [-0.4, -0.2) is 74.1 Å². The summed E-state index contributed by atoms with van der Waals surface area (Å²) in [7, 11) is 8.49. The zero-order valence-corrected chi connectivity index (χ0v) is 14.6. The molecule has 0 unspecified atom stereocenters. The number of hydrogen-bond acceptors (Lipinski definition) is 5.